The first-order valence-electron chi connectivity index (χ1n) is 8.69. The molecule has 2 aromatic rings. The fourth-order valence-corrected chi connectivity index (χ4v) is 2.55. The molecule has 1 unspecified atom stereocenters. The maximum absolute atomic E-state index is 12.2. The molecule has 0 aliphatic heterocycles. The summed E-state index contributed by atoms with van der Waals surface area (Å²) in [6.45, 7) is 6.70. The number of aryl methyl sites for hydroxylation is 2. The summed E-state index contributed by atoms with van der Waals surface area (Å²) >= 11 is 0. The van der Waals surface area contributed by atoms with Crippen molar-refractivity contribution >= 4 is 23.3 Å². The SMILES string of the molecule is CC(=O)c1cccc(OC(C)C(=O)NCC(=O)Nc2c(C)cccc2C)c1. The number of Topliss-reactive ketones (excluding diaryl/α,β-unsaturated/α-hetero) is 1. The topological polar surface area (TPSA) is 84.5 Å². The maximum atomic E-state index is 12.2. The van der Waals surface area contributed by atoms with E-state index in [0.29, 0.717) is 11.3 Å². The molecule has 6 nitrogen and oxygen atoms in total. The van der Waals surface area contributed by atoms with Gasteiger partial charge in [-0.2, -0.15) is 0 Å². The fourth-order valence-electron chi connectivity index (χ4n) is 2.55. The van der Waals surface area contributed by atoms with Gasteiger partial charge in [-0.05, 0) is 51.0 Å². The Morgan fingerprint density at radius 3 is 2.30 bits per heavy atom. The van der Waals surface area contributed by atoms with Crippen LogP contribution in [0.4, 0.5) is 5.69 Å². The van der Waals surface area contributed by atoms with Crippen LogP contribution in [0, 0.1) is 13.8 Å². The number of carbonyl (C=O) groups is 3. The monoisotopic (exact) mass is 368 g/mol. The van der Waals surface area contributed by atoms with Crippen molar-refractivity contribution in [2.45, 2.75) is 33.8 Å². The molecule has 2 aromatic carbocycles. The molecular formula is C21H24N2O4. The van der Waals surface area contributed by atoms with Gasteiger partial charge in [-0.1, -0.05) is 30.3 Å². The summed E-state index contributed by atoms with van der Waals surface area (Å²) in [6, 6.07) is 12.4. The average molecular weight is 368 g/mol. The van der Waals surface area contributed by atoms with Crippen molar-refractivity contribution in [1.82, 2.24) is 5.32 Å². The quantitative estimate of drug-likeness (QED) is 0.736. The van der Waals surface area contributed by atoms with Gasteiger partial charge in [0.15, 0.2) is 11.9 Å². The number of carbonyl (C=O) groups excluding carboxylic acids is 3. The Bertz CT molecular complexity index is 841. The van der Waals surface area contributed by atoms with Gasteiger partial charge in [-0.3, -0.25) is 14.4 Å². The summed E-state index contributed by atoms with van der Waals surface area (Å²) in [5.41, 5.74) is 3.17. The van der Waals surface area contributed by atoms with Crippen molar-refractivity contribution < 1.29 is 19.1 Å². The molecule has 1 atom stereocenters. The summed E-state index contributed by atoms with van der Waals surface area (Å²) in [4.78, 5) is 35.7. The van der Waals surface area contributed by atoms with E-state index >= 15 is 0 Å². The Kier molecular flexibility index (Phi) is 6.71. The van der Waals surface area contributed by atoms with E-state index in [1.807, 2.05) is 32.0 Å². The number of ether oxygens (including phenoxy) is 1. The molecule has 0 fully saturated rings. The van der Waals surface area contributed by atoms with Gasteiger partial charge >= 0.3 is 0 Å². The fraction of sp³-hybridized carbons (Fsp3) is 0.286. The summed E-state index contributed by atoms with van der Waals surface area (Å²) in [5, 5.41) is 5.37. The Balaban J connectivity index is 1.88. The van der Waals surface area contributed by atoms with E-state index in [1.165, 1.54) is 6.92 Å². The van der Waals surface area contributed by atoms with Crippen molar-refractivity contribution in [3.63, 3.8) is 0 Å². The number of amides is 2. The minimum atomic E-state index is -0.805. The van der Waals surface area contributed by atoms with Crippen LogP contribution in [-0.4, -0.2) is 30.2 Å². The molecule has 0 saturated carbocycles. The van der Waals surface area contributed by atoms with Gasteiger partial charge in [-0.15, -0.1) is 0 Å². The van der Waals surface area contributed by atoms with Crippen LogP contribution in [0.1, 0.15) is 35.3 Å². The molecule has 0 aromatic heterocycles. The molecule has 27 heavy (non-hydrogen) atoms. The third-order valence-corrected chi connectivity index (χ3v) is 4.09. The standard InChI is InChI=1S/C21H24N2O4/c1-13-7-5-8-14(2)20(13)23-19(25)12-22-21(26)16(4)27-18-10-6-9-17(11-18)15(3)24/h5-11,16H,12H2,1-4H3,(H,22,26)(H,23,25). The first-order chi connectivity index (χ1) is 12.8. The van der Waals surface area contributed by atoms with Gasteiger partial charge in [-0.25, -0.2) is 0 Å². The van der Waals surface area contributed by atoms with Crippen LogP contribution in [0.2, 0.25) is 0 Å². The van der Waals surface area contributed by atoms with Crippen LogP contribution >= 0.6 is 0 Å². The normalized spacial score (nSPS) is 11.4. The average Bonchev–Trinajstić information content (AvgIpc) is 2.63. The van der Waals surface area contributed by atoms with Gasteiger partial charge < -0.3 is 15.4 Å². The zero-order valence-corrected chi connectivity index (χ0v) is 16.0. The van der Waals surface area contributed by atoms with Gasteiger partial charge in [0.25, 0.3) is 5.91 Å². The van der Waals surface area contributed by atoms with Gasteiger partial charge in [0.1, 0.15) is 5.75 Å². The van der Waals surface area contributed by atoms with Gasteiger partial charge in [0.05, 0.1) is 6.54 Å². The lowest BCUT2D eigenvalue weighted by atomic mass is 10.1. The first kappa shape index (κ1) is 20.2. The Labute approximate surface area is 158 Å². The minimum absolute atomic E-state index is 0.0827. The predicted molar refractivity (Wildman–Crippen MR) is 104 cm³/mol. The highest BCUT2D eigenvalue weighted by Gasteiger charge is 2.16. The van der Waals surface area contributed by atoms with E-state index in [1.54, 1.807) is 31.2 Å². The second-order valence-electron chi connectivity index (χ2n) is 6.38. The molecular weight excluding hydrogens is 344 g/mol. The first-order valence-corrected chi connectivity index (χ1v) is 8.69. The van der Waals surface area contributed by atoms with Crippen molar-refractivity contribution in [3.05, 3.63) is 59.2 Å². The summed E-state index contributed by atoms with van der Waals surface area (Å²) in [7, 11) is 0. The van der Waals surface area contributed by atoms with Crippen LogP contribution in [-0.2, 0) is 9.59 Å². The molecule has 0 aliphatic carbocycles. The molecule has 6 heteroatoms. The maximum Gasteiger partial charge on any atom is 0.261 e. The summed E-state index contributed by atoms with van der Waals surface area (Å²) < 4.78 is 5.56. The predicted octanol–water partition coefficient (Wildman–Crippen LogP) is 3.03. The van der Waals surface area contributed by atoms with E-state index < -0.39 is 12.0 Å². The number of rotatable bonds is 7. The molecule has 142 valence electrons. The number of hydrogen-bond donors (Lipinski definition) is 2. The zero-order chi connectivity index (χ0) is 20.0. The van der Waals surface area contributed by atoms with E-state index in [4.69, 9.17) is 4.74 Å². The molecule has 0 saturated heterocycles. The van der Waals surface area contributed by atoms with E-state index in [-0.39, 0.29) is 18.2 Å². The number of ketones is 1. The number of nitrogens with one attached hydrogen (secondary N) is 2. The van der Waals surface area contributed by atoms with Gasteiger partial charge in [0.2, 0.25) is 5.91 Å². The Morgan fingerprint density at radius 2 is 1.67 bits per heavy atom. The third-order valence-electron chi connectivity index (χ3n) is 4.09. The van der Waals surface area contributed by atoms with E-state index in [0.717, 1.165) is 16.8 Å². The lowest BCUT2D eigenvalue weighted by Crippen LogP contribution is -2.40. The third kappa shape index (κ3) is 5.67. The van der Waals surface area contributed by atoms with Crippen LogP contribution in [0.5, 0.6) is 5.75 Å². The smallest absolute Gasteiger partial charge is 0.261 e. The Hall–Kier alpha value is -3.15. The molecule has 2 N–H and O–H groups in total. The van der Waals surface area contributed by atoms with Crippen LogP contribution < -0.4 is 15.4 Å². The van der Waals surface area contributed by atoms with E-state index in [2.05, 4.69) is 10.6 Å². The van der Waals surface area contributed by atoms with Crippen molar-refractivity contribution in [3.8, 4) is 5.75 Å². The molecule has 0 aliphatic rings. The number of anilines is 1. The van der Waals surface area contributed by atoms with E-state index in [9.17, 15) is 14.4 Å². The minimum Gasteiger partial charge on any atom is -0.481 e. The summed E-state index contributed by atoms with van der Waals surface area (Å²) in [6.07, 6.45) is -0.805. The molecule has 2 rings (SSSR count). The lowest BCUT2D eigenvalue weighted by molar-refractivity contribution is -0.129. The second kappa shape index (κ2) is 8.98. The van der Waals surface area contributed by atoms with Crippen molar-refractivity contribution in [2.24, 2.45) is 0 Å². The van der Waals surface area contributed by atoms with Gasteiger partial charge in [0, 0.05) is 11.3 Å². The molecule has 0 heterocycles. The van der Waals surface area contributed by atoms with Crippen molar-refractivity contribution in [2.75, 3.05) is 11.9 Å². The number of benzene rings is 2. The molecule has 2 amide bonds. The second-order valence-corrected chi connectivity index (χ2v) is 6.38. The van der Waals surface area contributed by atoms with Crippen LogP contribution in [0.15, 0.2) is 42.5 Å². The van der Waals surface area contributed by atoms with Crippen molar-refractivity contribution in [1.29, 1.82) is 0 Å². The zero-order valence-electron chi connectivity index (χ0n) is 16.0. The largest absolute Gasteiger partial charge is 0.481 e. The highest BCUT2D eigenvalue weighted by Crippen LogP contribution is 2.19. The molecule has 0 bridgehead atoms. The Morgan fingerprint density at radius 1 is 1.04 bits per heavy atom. The lowest BCUT2D eigenvalue weighted by Gasteiger charge is -2.16. The molecule has 0 spiro atoms. The van der Waals surface area contributed by atoms with Crippen LogP contribution in [0.3, 0.4) is 0 Å². The number of para-hydroxylation sites is 1. The van der Waals surface area contributed by atoms with Crippen LogP contribution in [0.25, 0.3) is 0 Å². The highest BCUT2D eigenvalue weighted by atomic mass is 16.5. The highest BCUT2D eigenvalue weighted by molar-refractivity contribution is 5.96. The molecule has 0 radical (unpaired) electrons. The number of hydrogen-bond acceptors (Lipinski definition) is 4. The summed E-state index contributed by atoms with van der Waals surface area (Å²) in [5.74, 6) is -0.391.